The lowest BCUT2D eigenvalue weighted by Crippen LogP contribution is -2.24. The third-order valence-corrected chi connectivity index (χ3v) is 6.48. The monoisotopic (exact) mass is 618 g/mol. The Morgan fingerprint density at radius 1 is 0.556 bits per heavy atom. The maximum absolute atomic E-state index is 12.4. The average Bonchev–Trinajstić information content (AvgIpc) is 3.07. The lowest BCUT2D eigenvalue weighted by molar-refractivity contribution is -0.125. The van der Waals surface area contributed by atoms with Gasteiger partial charge >= 0.3 is 0 Å². The molecule has 0 unspecified atom stereocenters. The van der Waals surface area contributed by atoms with E-state index < -0.39 is 11.8 Å². The van der Waals surface area contributed by atoms with E-state index in [2.05, 4.69) is 20.6 Å². The fourth-order valence-electron chi connectivity index (χ4n) is 4.37. The van der Waals surface area contributed by atoms with Crippen LogP contribution in [0.25, 0.3) is 22.5 Å². The maximum atomic E-state index is 12.4. The van der Waals surface area contributed by atoms with Gasteiger partial charge in [0.05, 0.1) is 77.8 Å². The summed E-state index contributed by atoms with van der Waals surface area (Å²) in [5.41, 5.74) is 3.66. The Balaban J connectivity index is 1.27. The third kappa shape index (κ3) is 7.89. The molecule has 0 fully saturated rings. The summed E-state index contributed by atoms with van der Waals surface area (Å²) in [7, 11) is 9.20. The van der Waals surface area contributed by atoms with Gasteiger partial charge in [0, 0.05) is 11.1 Å². The van der Waals surface area contributed by atoms with Crippen LogP contribution in [-0.4, -0.2) is 77.7 Å². The second kappa shape index (κ2) is 15.3. The first-order chi connectivity index (χ1) is 21.8. The average molecular weight is 619 g/mol. The highest BCUT2D eigenvalue weighted by atomic mass is 16.5. The molecule has 0 spiro atoms. The number of hydrogen-bond acceptors (Lipinski definition) is 11. The van der Waals surface area contributed by atoms with Crippen molar-refractivity contribution in [3.8, 4) is 57.0 Å². The van der Waals surface area contributed by atoms with E-state index in [0.29, 0.717) is 57.3 Å². The summed E-state index contributed by atoms with van der Waals surface area (Å²) >= 11 is 0. The predicted molar refractivity (Wildman–Crippen MR) is 167 cm³/mol. The number of ether oxygens (including phenoxy) is 7. The molecule has 2 heterocycles. The second-order valence-corrected chi connectivity index (χ2v) is 9.28. The number of benzene rings is 2. The van der Waals surface area contributed by atoms with Crippen molar-refractivity contribution in [2.24, 2.45) is 0 Å². The first-order valence-corrected chi connectivity index (χ1v) is 13.5. The molecule has 45 heavy (non-hydrogen) atoms. The normalized spacial score (nSPS) is 10.4. The highest BCUT2D eigenvalue weighted by molar-refractivity contribution is 5.93. The van der Waals surface area contributed by atoms with Gasteiger partial charge in [-0.05, 0) is 48.5 Å². The van der Waals surface area contributed by atoms with E-state index >= 15 is 0 Å². The number of aromatic nitrogens is 2. The standard InChI is InChI=1S/C32H34N4O9/c1-39-25-11-19(12-26(40-2)31(25)43-5)23-9-7-21(15-33-23)35-29(37)17-45-18-30(38)36-22-8-10-24(34-16-22)20-13-27(41-3)32(44-6)28(14-20)42-4/h7-16H,17-18H2,1-6H3,(H,35,37)(H,36,38). The van der Waals surface area contributed by atoms with Crippen LogP contribution in [0.5, 0.6) is 34.5 Å². The quantitative estimate of drug-likeness (QED) is 0.206. The highest BCUT2D eigenvalue weighted by Crippen LogP contribution is 2.42. The van der Waals surface area contributed by atoms with E-state index in [1.54, 1.807) is 48.5 Å². The van der Waals surface area contributed by atoms with Gasteiger partial charge in [0.15, 0.2) is 23.0 Å². The molecule has 0 atom stereocenters. The molecule has 0 saturated carbocycles. The number of carbonyl (C=O) groups excluding carboxylic acids is 2. The van der Waals surface area contributed by atoms with Crippen molar-refractivity contribution in [2.45, 2.75) is 0 Å². The summed E-state index contributed by atoms with van der Waals surface area (Å²) in [6.07, 6.45) is 3.02. The summed E-state index contributed by atoms with van der Waals surface area (Å²) in [5.74, 6) is 2.05. The van der Waals surface area contributed by atoms with Gasteiger partial charge in [0.2, 0.25) is 23.3 Å². The molecule has 2 aromatic carbocycles. The van der Waals surface area contributed by atoms with Crippen molar-refractivity contribution in [2.75, 3.05) is 66.5 Å². The first-order valence-electron chi connectivity index (χ1n) is 13.5. The molecule has 13 nitrogen and oxygen atoms in total. The number of carbonyl (C=O) groups is 2. The number of anilines is 2. The fourth-order valence-corrected chi connectivity index (χ4v) is 4.37. The van der Waals surface area contributed by atoms with Crippen molar-refractivity contribution < 1.29 is 42.7 Å². The van der Waals surface area contributed by atoms with Crippen LogP contribution < -0.4 is 39.1 Å². The van der Waals surface area contributed by atoms with Gasteiger partial charge in [-0.15, -0.1) is 0 Å². The number of nitrogens with zero attached hydrogens (tertiary/aromatic N) is 2. The van der Waals surface area contributed by atoms with Crippen molar-refractivity contribution in [3.63, 3.8) is 0 Å². The Morgan fingerprint density at radius 3 is 1.18 bits per heavy atom. The number of hydrogen-bond donors (Lipinski definition) is 2. The molecule has 2 amide bonds. The topological polar surface area (TPSA) is 149 Å². The summed E-state index contributed by atoms with van der Waals surface area (Å²) in [5, 5.41) is 5.38. The lowest BCUT2D eigenvalue weighted by atomic mass is 10.1. The minimum absolute atomic E-state index is 0.333. The molecule has 0 aliphatic heterocycles. The van der Waals surface area contributed by atoms with Crippen LogP contribution in [0.3, 0.4) is 0 Å². The molecular weight excluding hydrogens is 584 g/mol. The van der Waals surface area contributed by atoms with Gasteiger partial charge in [-0.1, -0.05) is 0 Å². The minimum atomic E-state index is -0.443. The van der Waals surface area contributed by atoms with E-state index in [9.17, 15) is 9.59 Å². The Bertz CT molecular complexity index is 1460. The summed E-state index contributed by atoms with van der Waals surface area (Å²) in [4.78, 5) is 33.6. The summed E-state index contributed by atoms with van der Waals surface area (Å²) in [6, 6.07) is 14.0. The molecule has 4 aromatic rings. The van der Waals surface area contributed by atoms with Crippen LogP contribution in [0.1, 0.15) is 0 Å². The molecule has 2 aromatic heterocycles. The van der Waals surface area contributed by atoms with Crippen molar-refractivity contribution in [1.29, 1.82) is 0 Å². The summed E-state index contributed by atoms with van der Waals surface area (Å²) < 4.78 is 37.6. The van der Waals surface area contributed by atoms with E-state index in [1.165, 1.54) is 55.1 Å². The third-order valence-electron chi connectivity index (χ3n) is 6.48. The zero-order valence-electron chi connectivity index (χ0n) is 25.8. The molecule has 4 rings (SSSR count). The second-order valence-electron chi connectivity index (χ2n) is 9.28. The van der Waals surface area contributed by atoms with E-state index in [0.717, 1.165) is 11.1 Å². The van der Waals surface area contributed by atoms with Gasteiger partial charge in [0.25, 0.3) is 0 Å². The van der Waals surface area contributed by atoms with Gasteiger partial charge in [-0.25, -0.2) is 0 Å². The van der Waals surface area contributed by atoms with Crippen molar-refractivity contribution >= 4 is 23.2 Å². The van der Waals surface area contributed by atoms with Crippen LogP contribution in [0.4, 0.5) is 11.4 Å². The van der Waals surface area contributed by atoms with Crippen LogP contribution in [0, 0.1) is 0 Å². The molecular formula is C32H34N4O9. The van der Waals surface area contributed by atoms with E-state index in [4.69, 9.17) is 33.2 Å². The Kier molecular flexibility index (Phi) is 11.0. The minimum Gasteiger partial charge on any atom is -0.493 e. The molecule has 0 aliphatic carbocycles. The van der Waals surface area contributed by atoms with Crippen molar-refractivity contribution in [3.05, 3.63) is 60.9 Å². The molecule has 2 N–H and O–H groups in total. The van der Waals surface area contributed by atoms with Gasteiger partial charge in [-0.3, -0.25) is 19.6 Å². The van der Waals surface area contributed by atoms with Crippen molar-refractivity contribution in [1.82, 2.24) is 9.97 Å². The number of pyridine rings is 2. The number of amides is 2. The first kappa shape index (κ1) is 32.4. The molecule has 0 bridgehead atoms. The van der Waals surface area contributed by atoms with Gasteiger partial charge in [0.1, 0.15) is 13.2 Å². The number of nitrogens with one attached hydrogen (secondary N) is 2. The molecule has 236 valence electrons. The van der Waals surface area contributed by atoms with Gasteiger partial charge in [-0.2, -0.15) is 0 Å². The van der Waals surface area contributed by atoms with Crippen LogP contribution in [0.2, 0.25) is 0 Å². The molecule has 0 aliphatic rings. The summed E-state index contributed by atoms with van der Waals surface area (Å²) in [6.45, 7) is -0.666. The molecule has 0 radical (unpaired) electrons. The molecule has 13 heteroatoms. The van der Waals surface area contributed by atoms with Crippen LogP contribution >= 0.6 is 0 Å². The fraction of sp³-hybridized carbons (Fsp3) is 0.250. The lowest BCUT2D eigenvalue weighted by Gasteiger charge is -2.14. The van der Waals surface area contributed by atoms with E-state index in [-0.39, 0.29) is 13.2 Å². The van der Waals surface area contributed by atoms with Gasteiger partial charge < -0.3 is 43.8 Å². The zero-order chi connectivity index (χ0) is 32.3. The number of methoxy groups -OCH3 is 6. The van der Waals surface area contributed by atoms with Crippen LogP contribution in [-0.2, 0) is 14.3 Å². The number of rotatable bonds is 14. The SMILES string of the molecule is COc1cc(-c2ccc(NC(=O)COCC(=O)Nc3ccc(-c4cc(OC)c(OC)c(OC)c4)nc3)cn2)cc(OC)c1OC. The highest BCUT2D eigenvalue weighted by Gasteiger charge is 2.16. The maximum Gasteiger partial charge on any atom is 0.250 e. The zero-order valence-corrected chi connectivity index (χ0v) is 25.8. The smallest absolute Gasteiger partial charge is 0.250 e. The Hall–Kier alpha value is -5.56. The predicted octanol–water partition coefficient (Wildman–Crippen LogP) is 4.46. The Labute approximate surface area is 260 Å². The van der Waals surface area contributed by atoms with Crippen LogP contribution in [0.15, 0.2) is 60.9 Å². The molecule has 0 saturated heterocycles. The van der Waals surface area contributed by atoms with E-state index in [1.807, 2.05) is 0 Å². The largest absolute Gasteiger partial charge is 0.493 e. The Morgan fingerprint density at radius 2 is 0.911 bits per heavy atom.